The lowest BCUT2D eigenvalue weighted by molar-refractivity contribution is -0.132. The van der Waals surface area contributed by atoms with Gasteiger partial charge in [0.15, 0.2) is 0 Å². The van der Waals surface area contributed by atoms with Gasteiger partial charge in [0.25, 0.3) is 5.91 Å². The van der Waals surface area contributed by atoms with Crippen LogP contribution in [0, 0.1) is 6.92 Å². The Bertz CT molecular complexity index is 728. The first-order valence-electron chi connectivity index (χ1n) is 10.1. The Morgan fingerprint density at radius 2 is 2.04 bits per heavy atom. The zero-order valence-electron chi connectivity index (χ0n) is 16.5. The minimum absolute atomic E-state index is 0.119. The fourth-order valence-electron chi connectivity index (χ4n) is 3.87. The zero-order chi connectivity index (χ0) is 20.0. The van der Waals surface area contributed by atoms with Crippen molar-refractivity contribution in [3.8, 4) is 5.75 Å². The molecule has 1 aliphatic carbocycles. The van der Waals surface area contributed by atoms with Crippen molar-refractivity contribution in [1.82, 2.24) is 15.5 Å². The Kier molecular flexibility index (Phi) is 6.54. The molecule has 0 unspecified atom stereocenters. The van der Waals surface area contributed by atoms with Crippen LogP contribution < -0.4 is 15.4 Å². The molecule has 7 heteroatoms. The number of carbonyl (C=O) groups is 3. The van der Waals surface area contributed by atoms with Gasteiger partial charge in [-0.25, -0.2) is 4.79 Å². The number of nitrogens with one attached hydrogen (secondary N) is 2. The van der Waals surface area contributed by atoms with Gasteiger partial charge >= 0.3 is 6.03 Å². The molecule has 28 heavy (non-hydrogen) atoms. The lowest BCUT2D eigenvalue weighted by atomic mass is 9.82. The molecular formula is C21H29N3O4. The second-order valence-electron chi connectivity index (χ2n) is 7.65. The largest absolute Gasteiger partial charge is 0.494 e. The maximum atomic E-state index is 12.7. The molecule has 1 heterocycles. The van der Waals surface area contributed by atoms with Gasteiger partial charge in [-0.3, -0.25) is 14.5 Å². The highest BCUT2D eigenvalue weighted by atomic mass is 16.5. The van der Waals surface area contributed by atoms with Crippen molar-refractivity contribution in [3.05, 3.63) is 29.8 Å². The summed E-state index contributed by atoms with van der Waals surface area (Å²) in [5, 5.41) is 5.68. The van der Waals surface area contributed by atoms with Gasteiger partial charge in [-0.2, -0.15) is 0 Å². The number of benzene rings is 1. The first-order valence-corrected chi connectivity index (χ1v) is 10.1. The number of nitrogens with zero attached hydrogens (tertiary/aromatic N) is 1. The highest BCUT2D eigenvalue weighted by Gasteiger charge is 2.50. The minimum atomic E-state index is -0.723. The third kappa shape index (κ3) is 4.82. The number of urea groups is 1. The molecule has 2 fully saturated rings. The van der Waals surface area contributed by atoms with Crippen LogP contribution in [-0.4, -0.2) is 48.0 Å². The fourth-order valence-corrected chi connectivity index (χ4v) is 3.87. The first kappa shape index (κ1) is 20.2. The molecule has 1 aromatic carbocycles. The first-order chi connectivity index (χ1) is 13.5. The van der Waals surface area contributed by atoms with E-state index in [-0.39, 0.29) is 30.8 Å². The van der Waals surface area contributed by atoms with Gasteiger partial charge in [0.1, 0.15) is 11.3 Å². The predicted molar refractivity (Wildman–Crippen MR) is 105 cm³/mol. The number of rotatable bonds is 8. The van der Waals surface area contributed by atoms with Gasteiger partial charge < -0.3 is 15.4 Å². The van der Waals surface area contributed by atoms with Gasteiger partial charge in [-0.15, -0.1) is 0 Å². The van der Waals surface area contributed by atoms with Crippen molar-refractivity contribution in [2.45, 2.75) is 57.4 Å². The Morgan fingerprint density at radius 1 is 1.25 bits per heavy atom. The Labute approximate surface area is 165 Å². The van der Waals surface area contributed by atoms with Crippen LogP contribution in [0.3, 0.4) is 0 Å². The number of carbonyl (C=O) groups excluding carboxylic acids is 3. The number of aryl methyl sites for hydroxylation is 1. The van der Waals surface area contributed by atoms with Crippen molar-refractivity contribution >= 4 is 17.8 Å². The monoisotopic (exact) mass is 387 g/mol. The van der Waals surface area contributed by atoms with Gasteiger partial charge in [0, 0.05) is 19.5 Å². The summed E-state index contributed by atoms with van der Waals surface area (Å²) in [6.45, 7) is 3.14. The van der Waals surface area contributed by atoms with Crippen LogP contribution in [0.5, 0.6) is 5.75 Å². The van der Waals surface area contributed by atoms with Crippen molar-refractivity contribution in [1.29, 1.82) is 0 Å². The number of hydrogen-bond donors (Lipinski definition) is 2. The summed E-state index contributed by atoms with van der Waals surface area (Å²) in [4.78, 5) is 38.1. The third-order valence-electron chi connectivity index (χ3n) is 5.42. The molecule has 0 aromatic heterocycles. The molecule has 2 N–H and O–H groups in total. The van der Waals surface area contributed by atoms with Gasteiger partial charge in [0.2, 0.25) is 5.91 Å². The minimum Gasteiger partial charge on any atom is -0.494 e. The van der Waals surface area contributed by atoms with E-state index in [0.29, 0.717) is 32.4 Å². The number of imide groups is 1. The summed E-state index contributed by atoms with van der Waals surface area (Å²) < 4.78 is 5.64. The Hall–Kier alpha value is -2.57. The summed E-state index contributed by atoms with van der Waals surface area (Å²) >= 11 is 0. The summed E-state index contributed by atoms with van der Waals surface area (Å²) in [5.41, 5.74) is 0.417. The quantitative estimate of drug-likeness (QED) is 0.530. The fraction of sp³-hybridized carbons (Fsp3) is 0.571. The average molecular weight is 387 g/mol. The summed E-state index contributed by atoms with van der Waals surface area (Å²) in [6, 6.07) is 7.46. The molecule has 2 aliphatic rings. The predicted octanol–water partition coefficient (Wildman–Crippen LogP) is 2.52. The lowest BCUT2D eigenvalue weighted by Crippen LogP contribution is -2.48. The molecule has 152 valence electrons. The molecule has 1 aliphatic heterocycles. The smallest absolute Gasteiger partial charge is 0.325 e. The molecule has 1 aromatic rings. The van der Waals surface area contributed by atoms with Crippen molar-refractivity contribution < 1.29 is 19.1 Å². The molecule has 1 spiro atoms. The SMILES string of the molecule is Cc1cccc(OCCCNC(=O)CCN2C(=O)NC3(CCCCC3)C2=O)c1. The number of ether oxygens (including phenoxy) is 1. The van der Waals surface area contributed by atoms with Crippen LogP contribution in [0.15, 0.2) is 24.3 Å². The van der Waals surface area contributed by atoms with Crippen molar-refractivity contribution in [2.75, 3.05) is 19.7 Å². The van der Waals surface area contributed by atoms with E-state index in [9.17, 15) is 14.4 Å². The molecule has 7 nitrogen and oxygen atoms in total. The topological polar surface area (TPSA) is 87.7 Å². The van der Waals surface area contributed by atoms with Crippen LogP contribution in [0.1, 0.15) is 50.5 Å². The summed E-state index contributed by atoms with van der Waals surface area (Å²) in [7, 11) is 0. The van der Waals surface area contributed by atoms with E-state index in [1.807, 2.05) is 31.2 Å². The van der Waals surface area contributed by atoms with E-state index < -0.39 is 5.54 Å². The Morgan fingerprint density at radius 3 is 2.79 bits per heavy atom. The molecule has 1 saturated carbocycles. The van der Waals surface area contributed by atoms with Crippen LogP contribution in [-0.2, 0) is 9.59 Å². The van der Waals surface area contributed by atoms with Gasteiger partial charge in [0.05, 0.1) is 6.61 Å². The van der Waals surface area contributed by atoms with E-state index in [2.05, 4.69) is 10.6 Å². The standard InChI is InChI=1S/C21H29N3O4/c1-16-7-5-8-17(15-16)28-14-6-12-22-18(25)9-13-24-19(26)21(23-20(24)27)10-3-2-4-11-21/h5,7-8,15H,2-4,6,9-14H2,1H3,(H,22,25)(H,23,27). The van der Waals surface area contributed by atoms with E-state index >= 15 is 0 Å². The summed E-state index contributed by atoms with van der Waals surface area (Å²) in [5.74, 6) is 0.485. The van der Waals surface area contributed by atoms with Crippen LogP contribution in [0.25, 0.3) is 0 Å². The maximum absolute atomic E-state index is 12.7. The van der Waals surface area contributed by atoms with Gasteiger partial charge in [-0.1, -0.05) is 31.4 Å². The van der Waals surface area contributed by atoms with Crippen LogP contribution >= 0.6 is 0 Å². The third-order valence-corrected chi connectivity index (χ3v) is 5.42. The second kappa shape index (κ2) is 9.08. The molecule has 0 atom stereocenters. The van der Waals surface area contributed by atoms with E-state index in [0.717, 1.165) is 30.6 Å². The molecule has 0 radical (unpaired) electrons. The average Bonchev–Trinajstić information content (AvgIpc) is 2.90. The second-order valence-corrected chi connectivity index (χ2v) is 7.65. The van der Waals surface area contributed by atoms with E-state index in [1.165, 1.54) is 4.90 Å². The van der Waals surface area contributed by atoms with Gasteiger partial charge in [-0.05, 0) is 43.9 Å². The van der Waals surface area contributed by atoms with Crippen LogP contribution in [0.4, 0.5) is 4.79 Å². The highest BCUT2D eigenvalue weighted by molar-refractivity contribution is 6.07. The van der Waals surface area contributed by atoms with E-state index in [4.69, 9.17) is 4.74 Å². The summed E-state index contributed by atoms with van der Waals surface area (Å²) in [6.07, 6.45) is 5.19. The number of amides is 4. The normalized spacial score (nSPS) is 18.2. The molecule has 4 amide bonds. The maximum Gasteiger partial charge on any atom is 0.325 e. The van der Waals surface area contributed by atoms with Crippen molar-refractivity contribution in [2.24, 2.45) is 0 Å². The van der Waals surface area contributed by atoms with Crippen LogP contribution in [0.2, 0.25) is 0 Å². The Balaban J connectivity index is 1.34. The van der Waals surface area contributed by atoms with Crippen molar-refractivity contribution in [3.63, 3.8) is 0 Å². The zero-order valence-corrected chi connectivity index (χ0v) is 16.5. The molecule has 3 rings (SSSR count). The molecule has 0 bridgehead atoms. The highest BCUT2D eigenvalue weighted by Crippen LogP contribution is 2.33. The van der Waals surface area contributed by atoms with E-state index in [1.54, 1.807) is 0 Å². The molecule has 1 saturated heterocycles. The number of hydrogen-bond acceptors (Lipinski definition) is 4. The lowest BCUT2D eigenvalue weighted by Gasteiger charge is -2.30. The molecular weight excluding hydrogens is 358 g/mol.